The van der Waals surface area contributed by atoms with Crippen molar-refractivity contribution in [2.24, 2.45) is 0 Å². The van der Waals surface area contributed by atoms with E-state index in [0.717, 1.165) is 18.2 Å². The summed E-state index contributed by atoms with van der Waals surface area (Å²) >= 11 is 0. The minimum Gasteiger partial charge on any atom is -0.379 e. The molecule has 1 aliphatic heterocycles. The van der Waals surface area contributed by atoms with E-state index in [0.29, 0.717) is 13.2 Å². The number of allylic oxidation sites excluding steroid dienone is 1. The molecule has 1 heterocycles. The van der Waals surface area contributed by atoms with E-state index in [-0.39, 0.29) is 29.1 Å². The van der Waals surface area contributed by atoms with Crippen molar-refractivity contribution in [3.8, 4) is 0 Å². The lowest BCUT2D eigenvalue weighted by Crippen LogP contribution is -2.40. The third kappa shape index (κ3) is 5.11. The highest BCUT2D eigenvalue weighted by Gasteiger charge is 2.30. The van der Waals surface area contributed by atoms with Gasteiger partial charge in [-0.2, -0.15) is 17.5 Å². The number of nitrogens with zero attached hydrogens (tertiary/aromatic N) is 1. The highest BCUT2D eigenvalue weighted by Crippen LogP contribution is 2.29. The van der Waals surface area contributed by atoms with Crippen molar-refractivity contribution < 1.29 is 31.1 Å². The summed E-state index contributed by atoms with van der Waals surface area (Å²) in [5, 5.41) is 0. The van der Waals surface area contributed by atoms with Gasteiger partial charge in [0.25, 0.3) is 0 Å². The lowest BCUT2D eigenvalue weighted by Gasteiger charge is -2.26. The van der Waals surface area contributed by atoms with Crippen molar-refractivity contribution in [3.05, 3.63) is 71.3 Å². The Kier molecular flexibility index (Phi) is 6.21. The van der Waals surface area contributed by atoms with Gasteiger partial charge in [0.2, 0.25) is 10.0 Å². The van der Waals surface area contributed by atoms with Crippen LogP contribution < -0.4 is 0 Å². The Morgan fingerprint density at radius 3 is 2.31 bits per heavy atom. The highest BCUT2D eigenvalue weighted by molar-refractivity contribution is 7.89. The number of sulfonamides is 1. The smallest absolute Gasteiger partial charge is 0.379 e. The lowest BCUT2D eigenvalue weighted by atomic mass is 10.1. The van der Waals surface area contributed by atoms with E-state index in [1.165, 1.54) is 46.8 Å². The molecular formula is C20H18F3NO4S. The number of carbonyl (C=O) groups is 1. The molecule has 0 unspecified atom stereocenters. The Morgan fingerprint density at radius 2 is 1.69 bits per heavy atom. The van der Waals surface area contributed by atoms with Crippen LogP contribution in [0.3, 0.4) is 0 Å². The number of ether oxygens (including phenoxy) is 1. The summed E-state index contributed by atoms with van der Waals surface area (Å²) in [5.74, 6) is -0.447. The predicted molar refractivity (Wildman–Crippen MR) is 101 cm³/mol. The summed E-state index contributed by atoms with van der Waals surface area (Å²) in [6, 6.07) is 10.1. The number of halogens is 3. The van der Waals surface area contributed by atoms with Crippen LogP contribution in [0.15, 0.2) is 59.5 Å². The molecule has 1 fully saturated rings. The van der Waals surface area contributed by atoms with Crippen molar-refractivity contribution in [2.45, 2.75) is 11.1 Å². The molecular weight excluding hydrogens is 407 g/mol. The van der Waals surface area contributed by atoms with Crippen LogP contribution >= 0.6 is 0 Å². The van der Waals surface area contributed by atoms with Crippen molar-refractivity contribution in [1.82, 2.24) is 4.31 Å². The number of hydrogen-bond donors (Lipinski definition) is 0. The fourth-order valence-corrected chi connectivity index (χ4v) is 4.22. The molecule has 154 valence electrons. The molecule has 0 aliphatic carbocycles. The topological polar surface area (TPSA) is 63.7 Å². The molecule has 2 aromatic carbocycles. The van der Waals surface area contributed by atoms with Crippen LogP contribution in [0.25, 0.3) is 6.08 Å². The molecule has 0 aromatic heterocycles. The van der Waals surface area contributed by atoms with E-state index in [4.69, 9.17) is 4.74 Å². The van der Waals surface area contributed by atoms with Gasteiger partial charge < -0.3 is 4.74 Å². The van der Waals surface area contributed by atoms with Crippen LogP contribution in [0.1, 0.15) is 21.5 Å². The second-order valence-corrected chi connectivity index (χ2v) is 8.30. The maximum Gasteiger partial charge on any atom is 0.416 e. The molecule has 1 saturated heterocycles. The van der Waals surface area contributed by atoms with E-state index in [1.807, 2.05) is 0 Å². The van der Waals surface area contributed by atoms with Gasteiger partial charge in [-0.3, -0.25) is 4.79 Å². The summed E-state index contributed by atoms with van der Waals surface area (Å²) in [5.41, 5.74) is -0.335. The van der Waals surface area contributed by atoms with E-state index in [2.05, 4.69) is 0 Å². The van der Waals surface area contributed by atoms with Gasteiger partial charge in [0.05, 0.1) is 23.7 Å². The molecule has 5 nitrogen and oxygen atoms in total. The third-order valence-electron chi connectivity index (χ3n) is 4.39. The van der Waals surface area contributed by atoms with Crippen LogP contribution in [-0.2, 0) is 20.9 Å². The summed E-state index contributed by atoms with van der Waals surface area (Å²) in [7, 11) is -3.66. The number of hydrogen-bond acceptors (Lipinski definition) is 4. The van der Waals surface area contributed by atoms with Gasteiger partial charge in [-0.15, -0.1) is 0 Å². The Hall–Kier alpha value is -2.49. The van der Waals surface area contributed by atoms with Gasteiger partial charge >= 0.3 is 6.18 Å². The van der Waals surface area contributed by atoms with Crippen molar-refractivity contribution in [2.75, 3.05) is 26.3 Å². The minimum absolute atomic E-state index is 0.0674. The Labute approximate surface area is 166 Å². The van der Waals surface area contributed by atoms with Gasteiger partial charge in [-0.05, 0) is 48.0 Å². The first kappa shape index (κ1) is 21.2. The normalized spacial score (nSPS) is 16.2. The largest absolute Gasteiger partial charge is 0.416 e. The first-order valence-electron chi connectivity index (χ1n) is 8.75. The van der Waals surface area contributed by atoms with Gasteiger partial charge in [0.15, 0.2) is 5.78 Å². The number of carbonyl (C=O) groups excluding carboxylic acids is 1. The maximum atomic E-state index is 12.7. The predicted octanol–water partition coefficient (Wildman–Crippen LogP) is 3.62. The number of ketones is 1. The quantitative estimate of drug-likeness (QED) is 0.542. The first-order valence-corrected chi connectivity index (χ1v) is 10.2. The number of alkyl halides is 3. The zero-order valence-corrected chi connectivity index (χ0v) is 16.0. The molecule has 29 heavy (non-hydrogen) atoms. The van der Waals surface area contributed by atoms with Crippen LogP contribution in [0, 0.1) is 0 Å². The second-order valence-electron chi connectivity index (χ2n) is 6.36. The van der Waals surface area contributed by atoms with E-state index >= 15 is 0 Å². The summed E-state index contributed by atoms with van der Waals surface area (Å²) in [6.07, 6.45) is -2.02. The molecule has 9 heteroatoms. The van der Waals surface area contributed by atoms with Crippen LogP contribution in [-0.4, -0.2) is 44.8 Å². The SMILES string of the molecule is O=C(C=Cc1cccc(C(F)(F)F)c1)c1ccc(S(=O)(=O)N2CCOCC2)cc1. The highest BCUT2D eigenvalue weighted by atomic mass is 32.2. The Balaban J connectivity index is 1.73. The standard InChI is InChI=1S/C20H18F3NO4S/c21-20(22,23)17-3-1-2-15(14-17)4-9-19(25)16-5-7-18(8-6-16)29(26,27)24-10-12-28-13-11-24/h1-9,14H,10-13H2. The average molecular weight is 425 g/mol. The van der Waals surface area contributed by atoms with Crippen molar-refractivity contribution in [1.29, 1.82) is 0 Å². The summed E-state index contributed by atoms with van der Waals surface area (Å²) < 4.78 is 69.9. The fraction of sp³-hybridized carbons (Fsp3) is 0.250. The van der Waals surface area contributed by atoms with Crippen LogP contribution in [0.5, 0.6) is 0 Å². The van der Waals surface area contributed by atoms with Gasteiger partial charge in [-0.1, -0.05) is 18.2 Å². The van der Waals surface area contributed by atoms with Gasteiger partial charge in [0.1, 0.15) is 0 Å². The average Bonchev–Trinajstić information content (AvgIpc) is 2.72. The zero-order chi connectivity index (χ0) is 21.1. The Morgan fingerprint density at radius 1 is 1.03 bits per heavy atom. The summed E-state index contributed by atoms with van der Waals surface area (Å²) in [6.45, 7) is 1.19. The molecule has 0 spiro atoms. The zero-order valence-electron chi connectivity index (χ0n) is 15.2. The molecule has 0 bridgehead atoms. The van der Waals surface area contributed by atoms with Crippen LogP contribution in [0.4, 0.5) is 13.2 Å². The first-order chi connectivity index (χ1) is 13.7. The number of rotatable bonds is 5. The molecule has 0 N–H and O–H groups in total. The summed E-state index contributed by atoms with van der Waals surface area (Å²) in [4.78, 5) is 12.3. The third-order valence-corrected chi connectivity index (χ3v) is 6.30. The van der Waals surface area contributed by atoms with Crippen LogP contribution in [0.2, 0.25) is 0 Å². The fourth-order valence-electron chi connectivity index (χ4n) is 2.81. The molecule has 0 saturated carbocycles. The van der Waals surface area contributed by atoms with Gasteiger partial charge in [0, 0.05) is 18.7 Å². The molecule has 2 aromatic rings. The van der Waals surface area contributed by atoms with E-state index in [1.54, 1.807) is 0 Å². The molecule has 0 atom stereocenters. The monoisotopic (exact) mass is 425 g/mol. The van der Waals surface area contributed by atoms with Crippen molar-refractivity contribution >= 4 is 21.9 Å². The molecule has 1 aliphatic rings. The molecule has 0 amide bonds. The van der Waals surface area contributed by atoms with Crippen molar-refractivity contribution in [3.63, 3.8) is 0 Å². The molecule has 3 rings (SSSR count). The Bertz CT molecular complexity index is 1010. The van der Waals surface area contributed by atoms with Gasteiger partial charge in [-0.25, -0.2) is 8.42 Å². The molecule has 0 radical (unpaired) electrons. The number of benzene rings is 2. The van der Waals surface area contributed by atoms with E-state index in [9.17, 15) is 26.4 Å². The lowest BCUT2D eigenvalue weighted by molar-refractivity contribution is -0.137. The second kappa shape index (κ2) is 8.48. The minimum atomic E-state index is -4.46. The number of morpholine rings is 1. The van der Waals surface area contributed by atoms with E-state index < -0.39 is 27.5 Å². The maximum absolute atomic E-state index is 12.7.